The summed E-state index contributed by atoms with van der Waals surface area (Å²) in [7, 11) is 0. The Labute approximate surface area is 363 Å². The highest BCUT2D eigenvalue weighted by Crippen LogP contribution is 2.49. The van der Waals surface area contributed by atoms with E-state index < -0.39 is 0 Å². The number of allylic oxidation sites excluding steroid dienone is 7. The molecule has 2 unspecified atom stereocenters. The molecule has 6 heteroatoms. The van der Waals surface area contributed by atoms with Crippen molar-refractivity contribution in [3.8, 4) is 11.1 Å². The third-order valence-electron chi connectivity index (χ3n) is 12.8. The summed E-state index contributed by atoms with van der Waals surface area (Å²) >= 11 is 0. The molecular weight excluding hydrogens is 763 g/mol. The number of para-hydroxylation sites is 4. The molecule has 0 spiro atoms. The van der Waals surface area contributed by atoms with Crippen molar-refractivity contribution in [2.75, 3.05) is 14.7 Å². The average Bonchev–Trinajstić information content (AvgIpc) is 3.30. The van der Waals surface area contributed by atoms with Crippen LogP contribution in [0.15, 0.2) is 206 Å². The number of rotatable bonds is 7. The molecule has 4 aliphatic rings. The van der Waals surface area contributed by atoms with Crippen LogP contribution in [0.2, 0.25) is 0 Å². The Balaban J connectivity index is 1.19. The van der Waals surface area contributed by atoms with Crippen molar-refractivity contribution in [1.82, 2.24) is 0 Å². The van der Waals surface area contributed by atoms with E-state index in [1.165, 1.54) is 6.07 Å². The van der Waals surface area contributed by atoms with Crippen LogP contribution in [0.4, 0.5) is 54.3 Å². The summed E-state index contributed by atoms with van der Waals surface area (Å²) in [4.78, 5) is 7.04. The van der Waals surface area contributed by atoms with Gasteiger partial charge in [0, 0.05) is 56.5 Å². The van der Waals surface area contributed by atoms with Gasteiger partial charge in [-0.15, -0.1) is 0 Å². The lowest BCUT2D eigenvalue weighted by Crippen LogP contribution is -2.61. The van der Waals surface area contributed by atoms with E-state index in [1.807, 2.05) is 42.5 Å². The topological polar surface area (TPSA) is 9.72 Å². The fraction of sp³-hybridized carbons (Fsp3) is 0.107. The highest BCUT2D eigenvalue weighted by atomic mass is 19.1. The van der Waals surface area contributed by atoms with Gasteiger partial charge in [-0.05, 0) is 119 Å². The lowest BCUT2D eigenvalue weighted by atomic mass is 9.33. The zero-order chi connectivity index (χ0) is 41.9. The largest absolute Gasteiger partial charge is 0.311 e. The first-order valence-electron chi connectivity index (χ1n) is 21.6. The molecule has 7 aromatic carbocycles. The zero-order valence-corrected chi connectivity index (χ0v) is 34.7. The number of fused-ring (bicyclic) bond motifs is 4. The molecule has 7 aromatic rings. The summed E-state index contributed by atoms with van der Waals surface area (Å²) in [6, 6.07) is 56.1. The monoisotopic (exact) mass is 807 g/mol. The smallest absolute Gasteiger partial charge is 0.252 e. The first-order valence-corrected chi connectivity index (χ1v) is 21.6. The van der Waals surface area contributed by atoms with Crippen LogP contribution in [-0.2, 0) is 0 Å². The van der Waals surface area contributed by atoms with Gasteiger partial charge in [0.1, 0.15) is 11.6 Å². The minimum atomic E-state index is -0.266. The maximum absolute atomic E-state index is 16.2. The molecule has 0 saturated heterocycles. The van der Waals surface area contributed by atoms with Gasteiger partial charge in [-0.1, -0.05) is 135 Å². The van der Waals surface area contributed by atoms with Gasteiger partial charge in [0.25, 0.3) is 6.71 Å². The van der Waals surface area contributed by atoms with Crippen LogP contribution in [-0.4, -0.2) is 6.71 Å². The predicted molar refractivity (Wildman–Crippen MR) is 256 cm³/mol. The third-order valence-corrected chi connectivity index (χ3v) is 12.8. The van der Waals surface area contributed by atoms with E-state index >= 15 is 8.78 Å². The molecule has 0 amide bonds. The highest BCUT2D eigenvalue weighted by Gasteiger charge is 2.44. The molecule has 3 nitrogen and oxygen atoms in total. The average molecular weight is 808 g/mol. The van der Waals surface area contributed by atoms with Gasteiger partial charge in [0.2, 0.25) is 0 Å². The van der Waals surface area contributed by atoms with Crippen LogP contribution < -0.4 is 31.1 Å². The Hall–Kier alpha value is -7.18. The molecule has 0 fully saturated rings. The van der Waals surface area contributed by atoms with Crippen molar-refractivity contribution in [1.29, 1.82) is 0 Å². The van der Waals surface area contributed by atoms with Crippen LogP contribution in [0, 0.1) is 17.7 Å². The fourth-order valence-electron chi connectivity index (χ4n) is 10.1. The van der Waals surface area contributed by atoms with Gasteiger partial charge < -0.3 is 14.7 Å². The molecule has 11 rings (SSSR count). The summed E-state index contributed by atoms with van der Waals surface area (Å²) in [5.41, 5.74) is 15.5. The van der Waals surface area contributed by atoms with Crippen LogP contribution in [0.1, 0.15) is 32.3 Å². The number of nitrogens with zero attached hydrogens (tertiary/aromatic N) is 3. The molecule has 62 heavy (non-hydrogen) atoms. The summed E-state index contributed by atoms with van der Waals surface area (Å²) in [5.74, 6) is 0.134. The number of halogens is 2. The van der Waals surface area contributed by atoms with Crippen LogP contribution in [0.3, 0.4) is 0 Å². The Bertz CT molecular complexity index is 3020. The molecule has 0 bridgehead atoms. The standard InChI is InChI=1S/C56H44BF2N3/c1-37-16-14-19-40(34-37)60(39-17-4-3-5-18-39)41-31-32-47-55(36-41)62(51-26-12-8-22-44(51)45-35-38(2)30-33-49(45)59)54-29-15-28-53-56(54)57(47)46-23-9-13-27-52(46)61(53)50-25-11-7-21-43(50)42-20-6-10-24-48(42)58/h3-15,17-34,36-38H,16,35H2,1-2H3. The number of anilines is 8. The highest BCUT2D eigenvalue weighted by molar-refractivity contribution is 7.00. The van der Waals surface area contributed by atoms with E-state index in [2.05, 4.69) is 162 Å². The maximum Gasteiger partial charge on any atom is 0.252 e. The van der Waals surface area contributed by atoms with Gasteiger partial charge in [-0.2, -0.15) is 0 Å². The molecular formula is C56H44BF2N3. The van der Waals surface area contributed by atoms with Crippen LogP contribution >= 0.6 is 0 Å². The van der Waals surface area contributed by atoms with Crippen molar-refractivity contribution in [3.05, 3.63) is 217 Å². The summed E-state index contributed by atoms with van der Waals surface area (Å²) in [6.45, 7) is 4.28. The molecule has 0 radical (unpaired) electrons. The second-order valence-electron chi connectivity index (χ2n) is 16.9. The zero-order valence-electron chi connectivity index (χ0n) is 34.7. The second kappa shape index (κ2) is 15.4. The van der Waals surface area contributed by atoms with Gasteiger partial charge in [0.15, 0.2) is 0 Å². The van der Waals surface area contributed by atoms with Crippen molar-refractivity contribution >= 4 is 74.2 Å². The summed E-state index contributed by atoms with van der Waals surface area (Å²) < 4.78 is 31.9. The van der Waals surface area contributed by atoms with Crippen LogP contribution in [0.5, 0.6) is 0 Å². The molecule has 300 valence electrons. The molecule has 0 saturated carbocycles. The number of hydrogen-bond acceptors (Lipinski definition) is 3. The van der Waals surface area contributed by atoms with Crippen LogP contribution in [0.25, 0.3) is 16.7 Å². The van der Waals surface area contributed by atoms with Crippen molar-refractivity contribution in [3.63, 3.8) is 0 Å². The summed E-state index contributed by atoms with van der Waals surface area (Å²) in [5, 5.41) is 0. The lowest BCUT2D eigenvalue weighted by molar-refractivity contribution is 0.631. The minimum Gasteiger partial charge on any atom is -0.311 e. The lowest BCUT2D eigenvalue weighted by Gasteiger charge is -2.45. The van der Waals surface area contributed by atoms with E-state index in [0.717, 1.165) is 85.1 Å². The summed E-state index contributed by atoms with van der Waals surface area (Å²) in [6.07, 6.45) is 12.1. The Kier molecular flexibility index (Phi) is 9.38. The fourth-order valence-corrected chi connectivity index (χ4v) is 10.1. The Morgan fingerprint density at radius 1 is 0.532 bits per heavy atom. The first kappa shape index (κ1) is 37.8. The normalized spacial score (nSPS) is 17.4. The van der Waals surface area contributed by atoms with Crippen molar-refractivity contribution in [2.24, 2.45) is 11.8 Å². The number of hydrogen-bond donors (Lipinski definition) is 0. The van der Waals surface area contributed by atoms with Gasteiger partial charge in [-0.25, -0.2) is 8.78 Å². The van der Waals surface area contributed by atoms with E-state index in [9.17, 15) is 0 Å². The van der Waals surface area contributed by atoms with E-state index in [4.69, 9.17) is 0 Å². The van der Waals surface area contributed by atoms with Gasteiger partial charge in [-0.3, -0.25) is 0 Å². The third kappa shape index (κ3) is 6.24. The van der Waals surface area contributed by atoms with Crippen molar-refractivity contribution in [2.45, 2.75) is 26.7 Å². The van der Waals surface area contributed by atoms with Gasteiger partial charge in [0.05, 0.1) is 11.4 Å². The first-order chi connectivity index (χ1) is 30.4. The predicted octanol–water partition coefficient (Wildman–Crippen LogP) is 13.5. The second-order valence-corrected chi connectivity index (χ2v) is 16.9. The van der Waals surface area contributed by atoms with Crippen molar-refractivity contribution < 1.29 is 8.78 Å². The molecule has 0 N–H and O–H groups in total. The SMILES string of the molecule is CC1C=C(N(c2ccccc2)c2ccc3c(c2)N(c2ccccc2C2=C(F)C=CC(C)C2)c2cccc4c2B3c2ccccc2N4c2ccccc2-c2ccccc2F)C=CC1. The quantitative estimate of drug-likeness (QED) is 0.149. The molecule has 0 aromatic heterocycles. The van der Waals surface area contributed by atoms with E-state index in [-0.39, 0.29) is 24.3 Å². The molecule has 2 heterocycles. The Morgan fingerprint density at radius 2 is 1.15 bits per heavy atom. The van der Waals surface area contributed by atoms with E-state index in [1.54, 1.807) is 12.1 Å². The molecule has 2 aliphatic heterocycles. The van der Waals surface area contributed by atoms with Gasteiger partial charge >= 0.3 is 0 Å². The maximum atomic E-state index is 16.2. The number of benzene rings is 7. The Morgan fingerprint density at radius 3 is 1.90 bits per heavy atom. The van der Waals surface area contributed by atoms with E-state index in [0.29, 0.717) is 23.5 Å². The molecule has 2 atom stereocenters. The minimum absolute atomic E-state index is 0.130. The molecule has 2 aliphatic carbocycles.